The van der Waals surface area contributed by atoms with E-state index in [-0.39, 0.29) is 12.1 Å². The van der Waals surface area contributed by atoms with Crippen LogP contribution in [0.2, 0.25) is 0 Å². The molecule has 2 unspecified atom stereocenters. The van der Waals surface area contributed by atoms with Crippen molar-refractivity contribution in [2.45, 2.75) is 49.1 Å². The van der Waals surface area contributed by atoms with Gasteiger partial charge >= 0.3 is 0 Å². The molecule has 0 radical (unpaired) electrons. The molecule has 3 N–H and O–H groups in total. The highest BCUT2D eigenvalue weighted by molar-refractivity contribution is 7.89. The molecule has 2 atom stereocenters. The van der Waals surface area contributed by atoms with Crippen LogP contribution in [0.25, 0.3) is 0 Å². The first kappa shape index (κ1) is 16.3. The van der Waals surface area contributed by atoms with E-state index in [4.69, 9.17) is 5.73 Å². The van der Waals surface area contributed by atoms with Gasteiger partial charge < -0.3 is 11.1 Å². The zero-order chi connectivity index (χ0) is 15.5. The summed E-state index contributed by atoms with van der Waals surface area (Å²) in [6.45, 7) is 0. The lowest BCUT2D eigenvalue weighted by Crippen LogP contribution is -2.39. The molecule has 1 aliphatic rings. The van der Waals surface area contributed by atoms with Crippen LogP contribution in [0.1, 0.15) is 32.1 Å². The molecule has 1 fully saturated rings. The Labute approximate surface area is 127 Å². The Kier molecular flexibility index (Phi) is 5.24. The standard InChI is InChI=1S/C15H25N3O2S/c1-18(2)21(19,20)13-10-8-12(9-11-13)17-15-7-5-3-4-6-14(15)16/h8-11,14-15,17H,3-7,16H2,1-2H3. The normalized spacial score (nSPS) is 23.8. The number of nitrogens with one attached hydrogen (secondary N) is 1. The molecule has 0 bridgehead atoms. The fourth-order valence-electron chi connectivity index (χ4n) is 2.66. The quantitative estimate of drug-likeness (QED) is 0.834. The van der Waals surface area contributed by atoms with E-state index in [9.17, 15) is 8.42 Å². The minimum absolute atomic E-state index is 0.165. The first-order valence-electron chi connectivity index (χ1n) is 7.46. The Hall–Kier alpha value is -1.11. The molecule has 1 aliphatic carbocycles. The molecule has 0 aromatic heterocycles. The highest BCUT2D eigenvalue weighted by Crippen LogP contribution is 2.22. The number of hydrogen-bond acceptors (Lipinski definition) is 4. The summed E-state index contributed by atoms with van der Waals surface area (Å²) in [5.74, 6) is 0. The van der Waals surface area contributed by atoms with Crippen molar-refractivity contribution in [3.63, 3.8) is 0 Å². The molecule has 2 rings (SSSR count). The van der Waals surface area contributed by atoms with E-state index < -0.39 is 10.0 Å². The monoisotopic (exact) mass is 311 g/mol. The maximum atomic E-state index is 12.0. The number of rotatable bonds is 4. The zero-order valence-electron chi connectivity index (χ0n) is 12.7. The number of sulfonamides is 1. The second kappa shape index (κ2) is 6.77. The Bertz CT molecular complexity index is 555. The van der Waals surface area contributed by atoms with Crippen molar-refractivity contribution in [3.8, 4) is 0 Å². The van der Waals surface area contributed by atoms with Crippen LogP contribution in [0.5, 0.6) is 0 Å². The maximum absolute atomic E-state index is 12.0. The van der Waals surface area contributed by atoms with Gasteiger partial charge in [0.05, 0.1) is 4.90 Å². The van der Waals surface area contributed by atoms with Gasteiger partial charge in [-0.15, -0.1) is 0 Å². The average molecular weight is 311 g/mol. The third-order valence-electron chi connectivity index (χ3n) is 4.05. The highest BCUT2D eigenvalue weighted by Gasteiger charge is 2.21. The summed E-state index contributed by atoms with van der Waals surface area (Å²) in [5, 5.41) is 3.45. The van der Waals surface area contributed by atoms with Crippen molar-refractivity contribution >= 4 is 15.7 Å². The molecule has 0 saturated heterocycles. The number of hydrogen-bond donors (Lipinski definition) is 2. The molecule has 0 spiro atoms. The Morgan fingerprint density at radius 3 is 2.33 bits per heavy atom. The summed E-state index contributed by atoms with van der Waals surface area (Å²) >= 11 is 0. The van der Waals surface area contributed by atoms with Crippen LogP contribution in [-0.4, -0.2) is 38.9 Å². The lowest BCUT2D eigenvalue weighted by Gasteiger charge is -2.24. The summed E-state index contributed by atoms with van der Waals surface area (Å²) in [4.78, 5) is 0.309. The van der Waals surface area contributed by atoms with Gasteiger partial charge in [-0.25, -0.2) is 12.7 Å². The van der Waals surface area contributed by atoms with E-state index >= 15 is 0 Å². The number of benzene rings is 1. The van der Waals surface area contributed by atoms with E-state index in [0.29, 0.717) is 4.90 Å². The fourth-order valence-corrected chi connectivity index (χ4v) is 3.57. The van der Waals surface area contributed by atoms with Crippen molar-refractivity contribution in [1.29, 1.82) is 0 Å². The fraction of sp³-hybridized carbons (Fsp3) is 0.600. The van der Waals surface area contributed by atoms with Crippen molar-refractivity contribution in [2.75, 3.05) is 19.4 Å². The third-order valence-corrected chi connectivity index (χ3v) is 5.88. The molecule has 0 heterocycles. The highest BCUT2D eigenvalue weighted by atomic mass is 32.2. The van der Waals surface area contributed by atoms with Gasteiger partial charge in [-0.05, 0) is 37.1 Å². The molecule has 0 amide bonds. The van der Waals surface area contributed by atoms with Gasteiger partial charge in [-0.1, -0.05) is 19.3 Å². The van der Waals surface area contributed by atoms with Crippen LogP contribution < -0.4 is 11.1 Å². The van der Waals surface area contributed by atoms with Gasteiger partial charge in [0.25, 0.3) is 0 Å². The number of nitrogens with zero attached hydrogens (tertiary/aromatic N) is 1. The molecule has 1 aromatic carbocycles. The van der Waals surface area contributed by atoms with Gasteiger partial charge in [0.1, 0.15) is 0 Å². The van der Waals surface area contributed by atoms with E-state index in [0.717, 1.165) is 18.5 Å². The van der Waals surface area contributed by atoms with Crippen LogP contribution in [0.3, 0.4) is 0 Å². The molecule has 6 heteroatoms. The van der Waals surface area contributed by atoms with Gasteiger partial charge in [0, 0.05) is 31.9 Å². The van der Waals surface area contributed by atoms with E-state index in [1.54, 1.807) is 12.1 Å². The van der Waals surface area contributed by atoms with E-state index in [1.807, 2.05) is 12.1 Å². The first-order chi connectivity index (χ1) is 9.91. The number of nitrogens with two attached hydrogens (primary N) is 1. The van der Waals surface area contributed by atoms with Gasteiger partial charge in [-0.2, -0.15) is 0 Å². The van der Waals surface area contributed by atoms with Crippen molar-refractivity contribution in [2.24, 2.45) is 5.73 Å². The first-order valence-corrected chi connectivity index (χ1v) is 8.90. The van der Waals surface area contributed by atoms with Crippen LogP contribution >= 0.6 is 0 Å². The lowest BCUT2D eigenvalue weighted by molar-refractivity contribution is 0.520. The lowest BCUT2D eigenvalue weighted by atomic mass is 10.0. The van der Waals surface area contributed by atoms with E-state index in [1.165, 1.54) is 37.7 Å². The zero-order valence-corrected chi connectivity index (χ0v) is 13.6. The van der Waals surface area contributed by atoms with E-state index in [2.05, 4.69) is 5.32 Å². The molecule has 21 heavy (non-hydrogen) atoms. The average Bonchev–Trinajstić information content (AvgIpc) is 2.65. The van der Waals surface area contributed by atoms with Crippen molar-refractivity contribution < 1.29 is 8.42 Å². The molecule has 118 valence electrons. The SMILES string of the molecule is CN(C)S(=O)(=O)c1ccc(NC2CCCCCC2N)cc1. The number of anilines is 1. The molecular formula is C15H25N3O2S. The largest absolute Gasteiger partial charge is 0.381 e. The van der Waals surface area contributed by atoms with Crippen LogP contribution in [0.15, 0.2) is 29.2 Å². The summed E-state index contributed by atoms with van der Waals surface area (Å²) < 4.78 is 25.3. The van der Waals surface area contributed by atoms with Gasteiger partial charge in [-0.3, -0.25) is 0 Å². The summed E-state index contributed by atoms with van der Waals surface area (Å²) in [6, 6.07) is 7.34. The predicted octanol–water partition coefficient (Wildman–Crippen LogP) is 2.01. The summed E-state index contributed by atoms with van der Waals surface area (Å²) in [7, 11) is -0.295. The minimum atomic E-state index is -3.36. The smallest absolute Gasteiger partial charge is 0.242 e. The van der Waals surface area contributed by atoms with Gasteiger partial charge in [0.2, 0.25) is 10.0 Å². The minimum Gasteiger partial charge on any atom is -0.381 e. The second-order valence-corrected chi connectivity index (χ2v) is 8.02. The summed E-state index contributed by atoms with van der Waals surface area (Å²) in [5.41, 5.74) is 7.13. The van der Waals surface area contributed by atoms with Gasteiger partial charge in [0.15, 0.2) is 0 Å². The van der Waals surface area contributed by atoms with Crippen molar-refractivity contribution in [1.82, 2.24) is 4.31 Å². The molecule has 0 aliphatic heterocycles. The second-order valence-electron chi connectivity index (χ2n) is 5.86. The molecule has 1 saturated carbocycles. The topological polar surface area (TPSA) is 75.4 Å². The summed E-state index contributed by atoms with van der Waals surface area (Å²) in [6.07, 6.45) is 5.74. The van der Waals surface area contributed by atoms with Crippen molar-refractivity contribution in [3.05, 3.63) is 24.3 Å². The van der Waals surface area contributed by atoms with Crippen LogP contribution in [0.4, 0.5) is 5.69 Å². The molecule has 1 aromatic rings. The Morgan fingerprint density at radius 2 is 1.71 bits per heavy atom. The Balaban J connectivity index is 2.09. The third kappa shape index (κ3) is 3.96. The van der Waals surface area contributed by atoms with Crippen LogP contribution in [-0.2, 0) is 10.0 Å². The Morgan fingerprint density at radius 1 is 1.10 bits per heavy atom. The van der Waals surface area contributed by atoms with Crippen LogP contribution in [0, 0.1) is 0 Å². The molecular weight excluding hydrogens is 286 g/mol. The maximum Gasteiger partial charge on any atom is 0.242 e. The molecule has 5 nitrogen and oxygen atoms in total. The predicted molar refractivity (Wildman–Crippen MR) is 85.8 cm³/mol.